The Morgan fingerprint density at radius 2 is 1.83 bits per heavy atom. The summed E-state index contributed by atoms with van der Waals surface area (Å²) in [7, 11) is 2.00. The topological polar surface area (TPSA) is 30.9 Å². The van der Waals surface area contributed by atoms with E-state index in [9.17, 15) is 0 Å². The second-order valence-electron chi connectivity index (χ2n) is 7.90. The molecule has 0 unspecified atom stereocenters. The van der Waals surface area contributed by atoms with Crippen LogP contribution in [0.1, 0.15) is 37.3 Å². The van der Waals surface area contributed by atoms with Crippen molar-refractivity contribution in [3.63, 3.8) is 0 Å². The van der Waals surface area contributed by atoms with Crippen molar-refractivity contribution in [2.45, 2.75) is 42.5 Å². The number of nitrogens with one attached hydrogen (secondary N) is 1. The molecule has 0 saturated carbocycles. The highest BCUT2D eigenvalue weighted by molar-refractivity contribution is 7.99. The molecule has 1 N–H and O–H groups in total. The van der Waals surface area contributed by atoms with Crippen molar-refractivity contribution in [3.8, 4) is 0 Å². The lowest BCUT2D eigenvalue weighted by atomic mass is 10.1. The number of aliphatic imine (C=N–C) groups is 1. The van der Waals surface area contributed by atoms with Crippen LogP contribution in [-0.2, 0) is 6.54 Å². The van der Waals surface area contributed by atoms with Gasteiger partial charge in [-0.15, -0.1) is 0 Å². The molecule has 2 aliphatic heterocycles. The van der Waals surface area contributed by atoms with E-state index in [1.165, 1.54) is 46.7 Å². The van der Waals surface area contributed by atoms with Crippen molar-refractivity contribution in [3.05, 3.63) is 53.6 Å². The molecule has 154 valence electrons. The van der Waals surface area contributed by atoms with Crippen LogP contribution in [0, 0.1) is 0 Å². The highest BCUT2D eigenvalue weighted by atomic mass is 32.2. The summed E-state index contributed by atoms with van der Waals surface area (Å²) in [5.41, 5.74) is 3.67. The maximum Gasteiger partial charge on any atom is 0.137 e. The van der Waals surface area contributed by atoms with Crippen molar-refractivity contribution in [2.75, 3.05) is 39.8 Å². The Morgan fingerprint density at radius 1 is 1.00 bits per heavy atom. The van der Waals surface area contributed by atoms with Crippen LogP contribution in [0.25, 0.3) is 0 Å². The van der Waals surface area contributed by atoms with Crippen molar-refractivity contribution in [1.82, 2.24) is 15.1 Å². The number of hydrogen-bond acceptors (Lipinski definition) is 5. The number of amidine groups is 1. The zero-order valence-electron chi connectivity index (χ0n) is 17.7. The SMILES string of the molecule is CCCCCN1CCN(C2=Nc3ccccc3Sc3cc(CNC)ccc32)CC1. The van der Waals surface area contributed by atoms with E-state index in [1.807, 2.05) is 18.8 Å². The third-order valence-corrected chi connectivity index (χ3v) is 6.85. The molecule has 0 atom stereocenters. The van der Waals surface area contributed by atoms with E-state index in [0.29, 0.717) is 0 Å². The van der Waals surface area contributed by atoms with Gasteiger partial charge < -0.3 is 10.2 Å². The van der Waals surface area contributed by atoms with E-state index < -0.39 is 0 Å². The lowest BCUT2D eigenvalue weighted by Gasteiger charge is -2.36. The number of nitrogens with zero attached hydrogens (tertiary/aromatic N) is 3. The molecule has 0 aromatic heterocycles. The fourth-order valence-electron chi connectivity index (χ4n) is 4.09. The normalized spacial score (nSPS) is 16.8. The van der Waals surface area contributed by atoms with Gasteiger partial charge in [0, 0.05) is 48.1 Å². The molecule has 0 spiro atoms. The van der Waals surface area contributed by atoms with E-state index in [0.717, 1.165) is 44.2 Å². The Balaban J connectivity index is 1.59. The number of unbranched alkanes of at least 4 members (excludes halogenated alkanes) is 2. The number of rotatable bonds is 6. The van der Waals surface area contributed by atoms with E-state index in [-0.39, 0.29) is 0 Å². The molecule has 0 bridgehead atoms. The first-order valence-electron chi connectivity index (χ1n) is 10.9. The zero-order chi connectivity index (χ0) is 20.1. The van der Waals surface area contributed by atoms with Gasteiger partial charge in [-0.25, -0.2) is 4.99 Å². The van der Waals surface area contributed by atoms with E-state index in [2.05, 4.69) is 64.5 Å². The summed E-state index contributed by atoms with van der Waals surface area (Å²) < 4.78 is 0. The van der Waals surface area contributed by atoms with Gasteiger partial charge in [-0.1, -0.05) is 49.7 Å². The van der Waals surface area contributed by atoms with Gasteiger partial charge >= 0.3 is 0 Å². The molecule has 2 aromatic rings. The second-order valence-corrected chi connectivity index (χ2v) is 8.99. The zero-order valence-corrected chi connectivity index (χ0v) is 18.5. The molecule has 1 saturated heterocycles. The van der Waals surface area contributed by atoms with Crippen molar-refractivity contribution < 1.29 is 0 Å². The minimum Gasteiger partial charge on any atom is -0.354 e. The molecule has 1 fully saturated rings. The predicted molar refractivity (Wildman–Crippen MR) is 124 cm³/mol. The van der Waals surface area contributed by atoms with Crippen LogP contribution in [0.5, 0.6) is 0 Å². The number of piperazine rings is 1. The molecule has 0 radical (unpaired) electrons. The summed E-state index contributed by atoms with van der Waals surface area (Å²) in [6.07, 6.45) is 3.95. The summed E-state index contributed by atoms with van der Waals surface area (Å²) in [6.45, 7) is 8.76. The third-order valence-electron chi connectivity index (χ3n) is 5.73. The Labute approximate surface area is 179 Å². The first kappa shape index (κ1) is 20.5. The van der Waals surface area contributed by atoms with E-state index in [4.69, 9.17) is 4.99 Å². The van der Waals surface area contributed by atoms with E-state index >= 15 is 0 Å². The van der Waals surface area contributed by atoms with Crippen LogP contribution in [0.2, 0.25) is 0 Å². The smallest absolute Gasteiger partial charge is 0.137 e. The van der Waals surface area contributed by atoms with E-state index in [1.54, 1.807) is 0 Å². The highest BCUT2D eigenvalue weighted by Crippen LogP contribution is 2.41. The number of para-hydroxylation sites is 1. The maximum absolute atomic E-state index is 5.17. The molecule has 0 aliphatic carbocycles. The molecule has 2 aromatic carbocycles. The Morgan fingerprint density at radius 3 is 2.62 bits per heavy atom. The summed E-state index contributed by atoms with van der Waals surface area (Å²) >= 11 is 1.85. The third kappa shape index (κ3) is 4.85. The minimum atomic E-state index is 0.887. The van der Waals surface area contributed by atoms with Crippen LogP contribution in [-0.4, -0.2) is 55.4 Å². The van der Waals surface area contributed by atoms with Crippen LogP contribution in [0.4, 0.5) is 5.69 Å². The second kappa shape index (κ2) is 9.79. The molecule has 4 rings (SSSR count). The largest absolute Gasteiger partial charge is 0.354 e. The van der Waals surface area contributed by atoms with Gasteiger partial charge in [-0.05, 0) is 49.8 Å². The Hall–Kier alpha value is -1.82. The van der Waals surface area contributed by atoms with Crippen molar-refractivity contribution in [1.29, 1.82) is 0 Å². The summed E-state index contributed by atoms with van der Waals surface area (Å²) in [6, 6.07) is 15.4. The minimum absolute atomic E-state index is 0.887. The summed E-state index contributed by atoms with van der Waals surface area (Å²) in [5, 5.41) is 3.27. The monoisotopic (exact) mass is 408 g/mol. The lowest BCUT2D eigenvalue weighted by molar-refractivity contribution is 0.179. The first-order valence-corrected chi connectivity index (χ1v) is 11.7. The predicted octanol–water partition coefficient (Wildman–Crippen LogP) is 4.76. The maximum atomic E-state index is 5.17. The molecular formula is C24H32N4S. The number of benzene rings is 2. The molecule has 2 heterocycles. The van der Waals surface area contributed by atoms with Crippen LogP contribution in [0.3, 0.4) is 0 Å². The van der Waals surface area contributed by atoms with Gasteiger partial charge in [-0.2, -0.15) is 0 Å². The van der Waals surface area contributed by atoms with Gasteiger partial charge in [0.05, 0.1) is 5.69 Å². The Kier molecular flexibility index (Phi) is 6.90. The quantitative estimate of drug-likeness (QED) is 0.699. The van der Waals surface area contributed by atoms with Gasteiger partial charge in [0.2, 0.25) is 0 Å². The molecule has 4 nitrogen and oxygen atoms in total. The average Bonchev–Trinajstić information content (AvgIpc) is 2.91. The fourth-order valence-corrected chi connectivity index (χ4v) is 5.17. The van der Waals surface area contributed by atoms with Crippen molar-refractivity contribution in [2.24, 2.45) is 4.99 Å². The van der Waals surface area contributed by atoms with Crippen molar-refractivity contribution >= 4 is 23.3 Å². The van der Waals surface area contributed by atoms with Gasteiger partial charge in [0.25, 0.3) is 0 Å². The lowest BCUT2D eigenvalue weighted by Crippen LogP contribution is -2.49. The Bertz CT molecular complexity index is 856. The molecule has 2 aliphatic rings. The molecule has 5 heteroatoms. The summed E-state index contributed by atoms with van der Waals surface area (Å²) in [5.74, 6) is 1.14. The molecule has 29 heavy (non-hydrogen) atoms. The van der Waals surface area contributed by atoms with Gasteiger partial charge in [0.1, 0.15) is 5.84 Å². The standard InChI is InChI=1S/C24H32N4S/c1-3-4-7-12-27-13-15-28(16-14-27)24-20-11-10-19(18-25-2)17-23(20)29-22-9-6-5-8-21(22)26-24/h5-6,8-11,17,25H,3-4,7,12-16,18H2,1-2H3. The average molecular weight is 409 g/mol. The van der Waals surface area contributed by atoms with Gasteiger partial charge in [-0.3, -0.25) is 4.90 Å². The van der Waals surface area contributed by atoms with Crippen LogP contribution < -0.4 is 5.32 Å². The fraction of sp³-hybridized carbons (Fsp3) is 0.458. The number of fused-ring (bicyclic) bond motifs is 2. The van der Waals surface area contributed by atoms with Crippen LogP contribution >= 0.6 is 11.8 Å². The first-order chi connectivity index (χ1) is 14.3. The summed E-state index contributed by atoms with van der Waals surface area (Å²) in [4.78, 5) is 12.8. The highest BCUT2D eigenvalue weighted by Gasteiger charge is 2.25. The van der Waals surface area contributed by atoms with Crippen LogP contribution in [0.15, 0.2) is 57.2 Å². The molecular weight excluding hydrogens is 376 g/mol. The molecule has 0 amide bonds. The van der Waals surface area contributed by atoms with Gasteiger partial charge in [0.15, 0.2) is 0 Å². The number of hydrogen-bond donors (Lipinski definition) is 1.